The minimum Gasteiger partial charge on any atom is -0.481 e. The molecule has 1 heterocycles. The molecule has 1 N–H and O–H groups in total. The third-order valence-corrected chi connectivity index (χ3v) is 4.60. The van der Waals surface area contributed by atoms with Crippen molar-refractivity contribution < 1.29 is 19.4 Å². The van der Waals surface area contributed by atoms with Crippen LogP contribution in [0.4, 0.5) is 0 Å². The normalized spacial score (nSPS) is 16.9. The monoisotopic (exact) mass is 339 g/mol. The molecule has 1 saturated heterocycles. The molecule has 1 amide bonds. The van der Waals surface area contributed by atoms with E-state index in [1.807, 2.05) is 13.0 Å². The second-order valence-corrected chi connectivity index (χ2v) is 6.44. The van der Waals surface area contributed by atoms with Crippen LogP contribution < -0.4 is 4.74 Å². The quantitative estimate of drug-likeness (QED) is 0.895. The maximum atomic E-state index is 12.4. The standard InChI is InChI=1S/C17H22ClNO4/c1-11-9-14(3-4-15(11)18)23-12(2)17(22)19-7-5-13(6-8-19)10-16(20)21/h3-4,9,12-13H,5-8,10H2,1-2H3,(H,20,21). The van der Waals surface area contributed by atoms with Gasteiger partial charge >= 0.3 is 5.97 Å². The maximum Gasteiger partial charge on any atom is 0.303 e. The number of ether oxygens (including phenoxy) is 1. The lowest BCUT2D eigenvalue weighted by Crippen LogP contribution is -2.45. The van der Waals surface area contributed by atoms with Gasteiger partial charge in [-0.2, -0.15) is 0 Å². The highest BCUT2D eigenvalue weighted by Crippen LogP contribution is 2.24. The van der Waals surface area contributed by atoms with Crippen LogP contribution in [-0.2, 0) is 9.59 Å². The summed E-state index contributed by atoms with van der Waals surface area (Å²) in [6.45, 7) is 4.79. The van der Waals surface area contributed by atoms with Crippen molar-refractivity contribution in [2.75, 3.05) is 13.1 Å². The highest BCUT2D eigenvalue weighted by atomic mass is 35.5. The number of rotatable bonds is 5. The Morgan fingerprint density at radius 3 is 2.61 bits per heavy atom. The molecule has 5 nitrogen and oxygen atoms in total. The van der Waals surface area contributed by atoms with Crippen molar-refractivity contribution in [1.29, 1.82) is 0 Å². The number of hydrogen-bond donors (Lipinski definition) is 1. The van der Waals surface area contributed by atoms with Crippen LogP contribution in [0.15, 0.2) is 18.2 Å². The van der Waals surface area contributed by atoms with E-state index in [-0.39, 0.29) is 18.2 Å². The number of carboxylic acids is 1. The van der Waals surface area contributed by atoms with Gasteiger partial charge in [-0.1, -0.05) is 11.6 Å². The fourth-order valence-corrected chi connectivity index (χ4v) is 2.92. The average molecular weight is 340 g/mol. The molecule has 1 atom stereocenters. The van der Waals surface area contributed by atoms with Crippen molar-refractivity contribution >= 4 is 23.5 Å². The van der Waals surface area contributed by atoms with Gasteiger partial charge < -0.3 is 14.7 Å². The summed E-state index contributed by atoms with van der Waals surface area (Å²) in [5, 5.41) is 9.49. The van der Waals surface area contributed by atoms with E-state index in [2.05, 4.69) is 0 Å². The molecule has 1 unspecified atom stereocenters. The lowest BCUT2D eigenvalue weighted by atomic mass is 9.93. The van der Waals surface area contributed by atoms with Crippen LogP contribution in [0.25, 0.3) is 0 Å². The molecule has 1 aliphatic rings. The Bertz CT molecular complexity index is 582. The zero-order valence-electron chi connectivity index (χ0n) is 13.4. The number of piperidine rings is 1. The van der Waals surface area contributed by atoms with E-state index in [0.29, 0.717) is 23.9 Å². The number of aliphatic carboxylic acids is 1. The summed E-state index contributed by atoms with van der Waals surface area (Å²) in [6, 6.07) is 5.31. The van der Waals surface area contributed by atoms with E-state index in [1.54, 1.807) is 24.0 Å². The zero-order chi connectivity index (χ0) is 17.0. The van der Waals surface area contributed by atoms with E-state index in [9.17, 15) is 9.59 Å². The molecular weight excluding hydrogens is 318 g/mol. The van der Waals surface area contributed by atoms with Crippen molar-refractivity contribution in [3.8, 4) is 5.75 Å². The van der Waals surface area contributed by atoms with Gasteiger partial charge in [-0.25, -0.2) is 0 Å². The van der Waals surface area contributed by atoms with Crippen LogP contribution in [0.1, 0.15) is 31.7 Å². The van der Waals surface area contributed by atoms with Crippen molar-refractivity contribution in [2.24, 2.45) is 5.92 Å². The number of hydrogen-bond acceptors (Lipinski definition) is 3. The van der Waals surface area contributed by atoms with Crippen molar-refractivity contribution in [3.05, 3.63) is 28.8 Å². The average Bonchev–Trinajstić information content (AvgIpc) is 2.50. The Hall–Kier alpha value is -1.75. The van der Waals surface area contributed by atoms with Gasteiger partial charge in [-0.15, -0.1) is 0 Å². The number of halogens is 1. The summed E-state index contributed by atoms with van der Waals surface area (Å²) in [5.74, 6) is -0.0591. The topological polar surface area (TPSA) is 66.8 Å². The van der Waals surface area contributed by atoms with Crippen LogP contribution in [0.5, 0.6) is 5.75 Å². The van der Waals surface area contributed by atoms with Crippen molar-refractivity contribution in [2.45, 2.75) is 39.2 Å². The van der Waals surface area contributed by atoms with E-state index < -0.39 is 12.1 Å². The summed E-state index contributed by atoms with van der Waals surface area (Å²) in [7, 11) is 0. The van der Waals surface area contributed by atoms with Gasteiger partial charge in [0.05, 0.1) is 0 Å². The van der Waals surface area contributed by atoms with Crippen LogP contribution in [-0.4, -0.2) is 41.1 Å². The first kappa shape index (κ1) is 17.6. The van der Waals surface area contributed by atoms with Crippen molar-refractivity contribution in [3.63, 3.8) is 0 Å². The third-order valence-electron chi connectivity index (χ3n) is 4.18. The number of amides is 1. The van der Waals surface area contributed by atoms with E-state index in [4.69, 9.17) is 21.4 Å². The highest BCUT2D eigenvalue weighted by Gasteiger charge is 2.27. The first-order chi connectivity index (χ1) is 10.9. The lowest BCUT2D eigenvalue weighted by Gasteiger charge is -2.33. The Kier molecular flexibility index (Phi) is 5.88. The van der Waals surface area contributed by atoms with E-state index in [1.165, 1.54) is 0 Å². The summed E-state index contributed by atoms with van der Waals surface area (Å²) >= 11 is 5.98. The van der Waals surface area contributed by atoms with Gasteiger partial charge in [-0.3, -0.25) is 9.59 Å². The van der Waals surface area contributed by atoms with Crippen molar-refractivity contribution in [1.82, 2.24) is 4.90 Å². The number of carboxylic acid groups (broad SMARTS) is 1. The van der Waals surface area contributed by atoms with Gasteiger partial charge in [0.25, 0.3) is 5.91 Å². The van der Waals surface area contributed by atoms with Gasteiger partial charge in [0, 0.05) is 24.5 Å². The number of aryl methyl sites for hydroxylation is 1. The molecule has 0 aliphatic carbocycles. The first-order valence-corrected chi connectivity index (χ1v) is 8.18. The molecule has 1 aromatic carbocycles. The number of carbonyl (C=O) groups excluding carboxylic acids is 1. The Balaban J connectivity index is 1.88. The second kappa shape index (κ2) is 7.68. The minimum atomic E-state index is -0.774. The fraction of sp³-hybridized carbons (Fsp3) is 0.529. The van der Waals surface area contributed by atoms with Crippen LogP contribution in [0.2, 0.25) is 5.02 Å². The Morgan fingerprint density at radius 2 is 2.04 bits per heavy atom. The number of likely N-dealkylation sites (tertiary alicyclic amines) is 1. The predicted octanol–water partition coefficient (Wildman–Crippen LogP) is 3.13. The smallest absolute Gasteiger partial charge is 0.303 e. The molecule has 0 aromatic heterocycles. The predicted molar refractivity (Wildman–Crippen MR) is 87.8 cm³/mol. The molecule has 126 valence electrons. The molecule has 0 spiro atoms. The van der Waals surface area contributed by atoms with E-state index >= 15 is 0 Å². The third kappa shape index (κ3) is 4.86. The van der Waals surface area contributed by atoms with E-state index in [0.717, 1.165) is 18.4 Å². The van der Waals surface area contributed by atoms with Gasteiger partial charge in [0.15, 0.2) is 6.10 Å². The second-order valence-electron chi connectivity index (χ2n) is 6.04. The fourth-order valence-electron chi connectivity index (χ4n) is 2.81. The SMILES string of the molecule is Cc1cc(OC(C)C(=O)N2CCC(CC(=O)O)CC2)ccc1Cl. The minimum absolute atomic E-state index is 0.0635. The van der Waals surface area contributed by atoms with Crippen LogP contribution in [0, 0.1) is 12.8 Å². The molecular formula is C17H22ClNO4. The zero-order valence-corrected chi connectivity index (χ0v) is 14.2. The summed E-state index contributed by atoms with van der Waals surface area (Å²) in [4.78, 5) is 24.9. The largest absolute Gasteiger partial charge is 0.481 e. The molecule has 1 aromatic rings. The van der Waals surface area contributed by atoms with Crippen LogP contribution >= 0.6 is 11.6 Å². The Labute approximate surface area is 141 Å². The van der Waals surface area contributed by atoms with Gasteiger partial charge in [0.2, 0.25) is 0 Å². The number of carbonyl (C=O) groups is 2. The molecule has 1 fully saturated rings. The summed E-state index contributed by atoms with van der Waals surface area (Å²) in [5.41, 5.74) is 0.901. The number of benzene rings is 1. The first-order valence-electron chi connectivity index (χ1n) is 7.80. The Morgan fingerprint density at radius 1 is 1.39 bits per heavy atom. The molecule has 1 aliphatic heterocycles. The highest BCUT2D eigenvalue weighted by molar-refractivity contribution is 6.31. The molecule has 2 rings (SSSR count). The maximum absolute atomic E-state index is 12.4. The molecule has 0 radical (unpaired) electrons. The molecule has 0 bridgehead atoms. The lowest BCUT2D eigenvalue weighted by molar-refractivity contribution is -0.140. The van der Waals surface area contributed by atoms with Crippen LogP contribution in [0.3, 0.4) is 0 Å². The molecule has 23 heavy (non-hydrogen) atoms. The summed E-state index contributed by atoms with van der Waals surface area (Å²) < 4.78 is 5.71. The summed E-state index contributed by atoms with van der Waals surface area (Å²) in [6.07, 6.45) is 1.06. The molecule has 6 heteroatoms. The number of nitrogens with zero attached hydrogens (tertiary/aromatic N) is 1. The van der Waals surface area contributed by atoms with Gasteiger partial charge in [0.1, 0.15) is 5.75 Å². The van der Waals surface area contributed by atoms with Gasteiger partial charge in [-0.05, 0) is 56.4 Å². The molecule has 0 saturated carbocycles.